The van der Waals surface area contributed by atoms with Gasteiger partial charge in [-0.25, -0.2) is 4.79 Å². The van der Waals surface area contributed by atoms with Crippen molar-refractivity contribution in [3.05, 3.63) is 35.4 Å². The van der Waals surface area contributed by atoms with Gasteiger partial charge in [0.2, 0.25) is 0 Å². The standard InChI is InChI=1S/C19H27NO4/c1-14-7-9-17(10-8-14)20(2)18(21)13-24-19(22)16-6-4-5-15(11-16)12-23-3/h4-6,11,14,17H,7-10,12-13H2,1-3H3. The van der Waals surface area contributed by atoms with Gasteiger partial charge < -0.3 is 14.4 Å². The molecule has 24 heavy (non-hydrogen) atoms. The zero-order chi connectivity index (χ0) is 17.5. The molecule has 1 saturated carbocycles. The third kappa shape index (κ3) is 5.06. The molecule has 1 aromatic carbocycles. The number of esters is 1. The van der Waals surface area contributed by atoms with E-state index in [1.807, 2.05) is 6.07 Å². The number of benzene rings is 1. The molecular formula is C19H27NO4. The third-order valence-electron chi connectivity index (χ3n) is 4.73. The molecule has 1 aliphatic rings. The van der Waals surface area contributed by atoms with Crippen molar-refractivity contribution in [2.75, 3.05) is 20.8 Å². The first-order valence-corrected chi connectivity index (χ1v) is 8.52. The number of ether oxygens (including phenoxy) is 2. The van der Waals surface area contributed by atoms with Gasteiger partial charge in [0, 0.05) is 20.2 Å². The van der Waals surface area contributed by atoms with E-state index in [9.17, 15) is 9.59 Å². The van der Waals surface area contributed by atoms with Crippen molar-refractivity contribution in [2.45, 2.75) is 45.3 Å². The number of amides is 1. The molecule has 2 rings (SSSR count). The number of carbonyl (C=O) groups is 2. The molecule has 1 fully saturated rings. The molecule has 132 valence electrons. The molecule has 0 radical (unpaired) electrons. The second-order valence-corrected chi connectivity index (χ2v) is 6.63. The highest BCUT2D eigenvalue weighted by atomic mass is 16.5. The van der Waals surface area contributed by atoms with Gasteiger partial charge >= 0.3 is 5.97 Å². The first-order chi connectivity index (χ1) is 11.5. The van der Waals surface area contributed by atoms with E-state index in [1.165, 1.54) is 0 Å². The van der Waals surface area contributed by atoms with Gasteiger partial charge in [-0.3, -0.25) is 4.79 Å². The van der Waals surface area contributed by atoms with Crippen LogP contribution in [0.5, 0.6) is 0 Å². The molecule has 0 aromatic heterocycles. The summed E-state index contributed by atoms with van der Waals surface area (Å²) in [7, 11) is 3.40. The lowest BCUT2D eigenvalue weighted by Gasteiger charge is -2.33. The smallest absolute Gasteiger partial charge is 0.338 e. The minimum atomic E-state index is -0.480. The zero-order valence-corrected chi connectivity index (χ0v) is 14.8. The highest BCUT2D eigenvalue weighted by Gasteiger charge is 2.25. The molecular weight excluding hydrogens is 306 g/mol. The Hall–Kier alpha value is -1.88. The van der Waals surface area contributed by atoms with Gasteiger partial charge in [0.25, 0.3) is 5.91 Å². The van der Waals surface area contributed by atoms with Crippen molar-refractivity contribution in [1.82, 2.24) is 4.90 Å². The highest BCUT2D eigenvalue weighted by Crippen LogP contribution is 2.26. The van der Waals surface area contributed by atoms with E-state index in [0.29, 0.717) is 12.2 Å². The summed E-state index contributed by atoms with van der Waals surface area (Å²) in [6.07, 6.45) is 4.34. The van der Waals surface area contributed by atoms with Crippen molar-refractivity contribution in [1.29, 1.82) is 0 Å². The summed E-state index contributed by atoms with van der Waals surface area (Å²) in [5.74, 6) is 0.116. The molecule has 0 spiro atoms. The maximum Gasteiger partial charge on any atom is 0.338 e. The number of carbonyl (C=O) groups excluding carboxylic acids is 2. The first kappa shape index (κ1) is 18.5. The van der Waals surface area contributed by atoms with Gasteiger partial charge in [-0.2, -0.15) is 0 Å². The molecule has 0 atom stereocenters. The summed E-state index contributed by atoms with van der Waals surface area (Å²) < 4.78 is 10.2. The molecule has 0 unspecified atom stereocenters. The summed E-state index contributed by atoms with van der Waals surface area (Å²) in [6.45, 7) is 2.47. The Labute approximate surface area is 143 Å². The Morgan fingerprint density at radius 2 is 1.92 bits per heavy atom. The molecule has 0 N–H and O–H groups in total. The van der Waals surface area contributed by atoms with Crippen LogP contribution in [0.15, 0.2) is 24.3 Å². The van der Waals surface area contributed by atoms with Crippen LogP contribution in [0, 0.1) is 5.92 Å². The molecule has 5 heteroatoms. The van der Waals surface area contributed by atoms with E-state index in [2.05, 4.69) is 6.92 Å². The van der Waals surface area contributed by atoms with E-state index in [-0.39, 0.29) is 18.6 Å². The molecule has 1 aromatic rings. The fourth-order valence-electron chi connectivity index (χ4n) is 3.10. The lowest BCUT2D eigenvalue weighted by Crippen LogP contribution is -2.41. The molecule has 0 saturated heterocycles. The summed E-state index contributed by atoms with van der Waals surface area (Å²) in [5, 5.41) is 0. The van der Waals surface area contributed by atoms with Crippen molar-refractivity contribution < 1.29 is 19.1 Å². The molecule has 0 aliphatic heterocycles. The lowest BCUT2D eigenvalue weighted by atomic mass is 9.87. The Kier molecular flexibility index (Phi) is 6.79. The topological polar surface area (TPSA) is 55.8 Å². The van der Waals surface area contributed by atoms with Crippen LogP contribution in [0.2, 0.25) is 0 Å². The number of rotatable bonds is 6. The van der Waals surface area contributed by atoms with Crippen molar-refractivity contribution >= 4 is 11.9 Å². The van der Waals surface area contributed by atoms with E-state index >= 15 is 0 Å². The second-order valence-electron chi connectivity index (χ2n) is 6.63. The molecule has 5 nitrogen and oxygen atoms in total. The van der Waals surface area contributed by atoms with E-state index in [0.717, 1.165) is 37.2 Å². The first-order valence-electron chi connectivity index (χ1n) is 8.52. The van der Waals surface area contributed by atoms with Crippen LogP contribution < -0.4 is 0 Å². The summed E-state index contributed by atoms with van der Waals surface area (Å²) in [6, 6.07) is 7.32. The SMILES string of the molecule is COCc1cccc(C(=O)OCC(=O)N(C)C2CCC(C)CC2)c1. The highest BCUT2D eigenvalue weighted by molar-refractivity contribution is 5.91. The van der Waals surface area contributed by atoms with E-state index in [1.54, 1.807) is 37.3 Å². The van der Waals surface area contributed by atoms with Crippen LogP contribution in [0.4, 0.5) is 0 Å². The maximum atomic E-state index is 12.3. The normalized spacial score (nSPS) is 20.5. The third-order valence-corrected chi connectivity index (χ3v) is 4.73. The minimum Gasteiger partial charge on any atom is -0.452 e. The average Bonchev–Trinajstić information content (AvgIpc) is 2.60. The largest absolute Gasteiger partial charge is 0.452 e. The van der Waals surface area contributed by atoms with Gasteiger partial charge in [-0.15, -0.1) is 0 Å². The van der Waals surface area contributed by atoms with Gasteiger partial charge in [0.05, 0.1) is 12.2 Å². The monoisotopic (exact) mass is 333 g/mol. The number of methoxy groups -OCH3 is 1. The van der Waals surface area contributed by atoms with Crippen LogP contribution in [0.25, 0.3) is 0 Å². The van der Waals surface area contributed by atoms with Crippen LogP contribution >= 0.6 is 0 Å². The molecule has 1 amide bonds. The quantitative estimate of drug-likeness (QED) is 0.751. The minimum absolute atomic E-state index is 0.143. The fourth-order valence-corrected chi connectivity index (χ4v) is 3.10. The second kappa shape index (κ2) is 8.83. The van der Waals surface area contributed by atoms with Crippen LogP contribution in [-0.4, -0.2) is 43.6 Å². The Morgan fingerprint density at radius 3 is 2.58 bits per heavy atom. The van der Waals surface area contributed by atoms with Crippen LogP contribution in [0.1, 0.15) is 48.5 Å². The van der Waals surface area contributed by atoms with Gasteiger partial charge in [-0.05, 0) is 49.3 Å². The van der Waals surface area contributed by atoms with Crippen molar-refractivity contribution in [2.24, 2.45) is 5.92 Å². The predicted octanol–water partition coefficient (Wildman–Crippen LogP) is 3.03. The Balaban J connectivity index is 1.84. The van der Waals surface area contributed by atoms with Gasteiger partial charge in [0.15, 0.2) is 6.61 Å². The predicted molar refractivity (Wildman–Crippen MR) is 91.6 cm³/mol. The summed E-state index contributed by atoms with van der Waals surface area (Å²) in [5.41, 5.74) is 1.33. The Morgan fingerprint density at radius 1 is 1.21 bits per heavy atom. The number of hydrogen-bond donors (Lipinski definition) is 0. The summed E-state index contributed by atoms with van der Waals surface area (Å²) >= 11 is 0. The van der Waals surface area contributed by atoms with Crippen LogP contribution in [0.3, 0.4) is 0 Å². The van der Waals surface area contributed by atoms with Crippen molar-refractivity contribution in [3.8, 4) is 0 Å². The molecule has 1 aliphatic carbocycles. The lowest BCUT2D eigenvalue weighted by molar-refractivity contribution is -0.136. The van der Waals surface area contributed by atoms with Gasteiger partial charge in [0.1, 0.15) is 0 Å². The molecule has 0 bridgehead atoms. The van der Waals surface area contributed by atoms with Crippen molar-refractivity contribution in [3.63, 3.8) is 0 Å². The van der Waals surface area contributed by atoms with E-state index < -0.39 is 5.97 Å². The fraction of sp³-hybridized carbons (Fsp3) is 0.579. The number of hydrogen-bond acceptors (Lipinski definition) is 4. The number of likely N-dealkylation sites (N-methyl/N-ethyl adjacent to an activating group) is 1. The van der Waals surface area contributed by atoms with Gasteiger partial charge in [-0.1, -0.05) is 19.1 Å². The van der Waals surface area contributed by atoms with Crippen LogP contribution in [-0.2, 0) is 20.9 Å². The zero-order valence-electron chi connectivity index (χ0n) is 14.8. The maximum absolute atomic E-state index is 12.3. The number of nitrogens with zero attached hydrogens (tertiary/aromatic N) is 1. The summed E-state index contributed by atoms with van der Waals surface area (Å²) in [4.78, 5) is 26.1. The van der Waals surface area contributed by atoms with E-state index in [4.69, 9.17) is 9.47 Å². The molecule has 0 heterocycles. The average molecular weight is 333 g/mol. The Bertz CT molecular complexity index is 564.